The van der Waals surface area contributed by atoms with Gasteiger partial charge in [-0.1, -0.05) is 0 Å². The largest absolute Gasteiger partial charge is 0.486 e. The number of hydrogen-bond acceptors (Lipinski definition) is 8. The van der Waals surface area contributed by atoms with E-state index in [9.17, 15) is 12.8 Å². The topological polar surface area (TPSA) is 108 Å². The lowest BCUT2D eigenvalue weighted by Crippen LogP contribution is -2.16. The molecule has 4 aromatic rings. The van der Waals surface area contributed by atoms with Crippen molar-refractivity contribution < 1.29 is 26.7 Å². The van der Waals surface area contributed by atoms with Crippen LogP contribution in [0.2, 0.25) is 0 Å². The summed E-state index contributed by atoms with van der Waals surface area (Å²) in [7, 11) is -4.07. The van der Waals surface area contributed by atoms with E-state index in [4.69, 9.17) is 13.9 Å². The van der Waals surface area contributed by atoms with Gasteiger partial charge in [-0.05, 0) is 42.8 Å². The van der Waals surface area contributed by atoms with Gasteiger partial charge >= 0.3 is 0 Å². The summed E-state index contributed by atoms with van der Waals surface area (Å²) in [5.74, 6) is 0.491. The predicted molar refractivity (Wildman–Crippen MR) is 120 cm³/mol. The van der Waals surface area contributed by atoms with Crippen molar-refractivity contribution in [2.24, 2.45) is 0 Å². The average molecular weight is 485 g/mol. The van der Waals surface area contributed by atoms with E-state index >= 15 is 0 Å². The zero-order chi connectivity index (χ0) is 23.5. The maximum absolute atomic E-state index is 13.5. The molecular formula is C23H21FN4O5S. The lowest BCUT2D eigenvalue weighted by Gasteiger charge is -2.18. The van der Waals surface area contributed by atoms with Crippen molar-refractivity contribution in [3.63, 3.8) is 0 Å². The van der Waals surface area contributed by atoms with Crippen LogP contribution in [0.3, 0.4) is 0 Å². The normalized spacial score (nSPS) is 13.1. The van der Waals surface area contributed by atoms with Crippen molar-refractivity contribution in [2.45, 2.75) is 22.9 Å². The third-order valence-electron chi connectivity index (χ3n) is 5.20. The predicted octanol–water partition coefficient (Wildman–Crippen LogP) is 3.78. The quantitative estimate of drug-likeness (QED) is 0.377. The number of oxazole rings is 1. The van der Waals surface area contributed by atoms with Crippen molar-refractivity contribution in [2.75, 3.05) is 25.1 Å². The van der Waals surface area contributed by atoms with Crippen LogP contribution in [0.4, 0.5) is 10.3 Å². The van der Waals surface area contributed by atoms with Crippen LogP contribution in [0.15, 0.2) is 75.5 Å². The first kappa shape index (κ1) is 22.0. The van der Waals surface area contributed by atoms with Crippen molar-refractivity contribution in [3.05, 3.63) is 67.0 Å². The van der Waals surface area contributed by atoms with Crippen LogP contribution in [-0.2, 0) is 16.4 Å². The molecule has 3 heterocycles. The fourth-order valence-corrected chi connectivity index (χ4v) is 4.79. The lowest BCUT2D eigenvalue weighted by atomic mass is 10.2. The number of sulfone groups is 1. The molecule has 0 spiro atoms. The van der Waals surface area contributed by atoms with Crippen molar-refractivity contribution in [1.82, 2.24) is 14.5 Å². The van der Waals surface area contributed by atoms with Crippen molar-refractivity contribution in [3.8, 4) is 23.0 Å². The highest BCUT2D eigenvalue weighted by atomic mass is 32.2. The molecule has 11 heteroatoms. The average Bonchev–Trinajstić information content (AvgIpc) is 3.52. The summed E-state index contributed by atoms with van der Waals surface area (Å²) in [4.78, 5) is 8.27. The summed E-state index contributed by atoms with van der Waals surface area (Å²) in [5.41, 5.74) is 0.450. The number of nitrogens with zero attached hydrogens (tertiary/aromatic N) is 3. The molecule has 9 nitrogen and oxygen atoms in total. The van der Waals surface area contributed by atoms with Crippen LogP contribution in [0.25, 0.3) is 11.5 Å². The third-order valence-corrected chi connectivity index (χ3v) is 6.86. The molecule has 0 aliphatic carbocycles. The Morgan fingerprint density at radius 1 is 1.06 bits per heavy atom. The standard InChI is InChI=1S/C23H21FN4O5S/c24-17-4-2-16(3-5-17)21-27-23(22(33-21)26-8-1-10-28-11-9-25-15-28)34(29,30)18-6-7-19-20(14-18)32-13-12-31-19/h2-7,9,11,14-15,26H,1,8,10,12-13H2. The van der Waals surface area contributed by atoms with Gasteiger partial charge in [0.05, 0.1) is 11.2 Å². The smallest absolute Gasteiger partial charge is 0.233 e. The summed E-state index contributed by atoms with van der Waals surface area (Å²) in [6.45, 7) is 1.85. The Morgan fingerprint density at radius 2 is 1.85 bits per heavy atom. The Kier molecular flexibility index (Phi) is 5.93. The molecule has 2 aromatic heterocycles. The molecule has 0 atom stereocenters. The van der Waals surface area contributed by atoms with Crippen LogP contribution in [0.5, 0.6) is 11.5 Å². The maximum Gasteiger partial charge on any atom is 0.233 e. The van der Waals surface area contributed by atoms with Crippen LogP contribution in [0, 0.1) is 5.82 Å². The molecule has 0 amide bonds. The Hall–Kier alpha value is -3.86. The molecule has 0 radical (unpaired) electrons. The van der Waals surface area contributed by atoms with E-state index in [0.717, 1.165) is 0 Å². The number of imidazole rings is 1. The number of aryl methyl sites for hydroxylation is 1. The van der Waals surface area contributed by atoms with Gasteiger partial charge in [0.25, 0.3) is 0 Å². The second-order valence-corrected chi connectivity index (χ2v) is 9.41. The second kappa shape index (κ2) is 9.18. The van der Waals surface area contributed by atoms with Gasteiger partial charge in [0, 0.05) is 37.1 Å². The van der Waals surface area contributed by atoms with Gasteiger partial charge in [-0.25, -0.2) is 17.8 Å². The van der Waals surface area contributed by atoms with E-state index in [-0.39, 0.29) is 21.7 Å². The Bertz CT molecular complexity index is 1390. The Labute approximate surface area is 195 Å². The number of halogens is 1. The summed E-state index contributed by atoms with van der Waals surface area (Å²) >= 11 is 0. The zero-order valence-electron chi connectivity index (χ0n) is 18.0. The van der Waals surface area contributed by atoms with E-state index in [1.54, 1.807) is 18.6 Å². The minimum atomic E-state index is -4.07. The van der Waals surface area contributed by atoms with Gasteiger partial charge < -0.3 is 23.8 Å². The molecule has 34 heavy (non-hydrogen) atoms. The number of fused-ring (bicyclic) bond motifs is 1. The molecule has 1 aliphatic heterocycles. The molecule has 0 saturated carbocycles. The summed E-state index contributed by atoms with van der Waals surface area (Å²) in [6, 6.07) is 9.88. The van der Waals surface area contributed by atoms with E-state index in [0.29, 0.717) is 49.8 Å². The van der Waals surface area contributed by atoms with Gasteiger partial charge in [-0.3, -0.25) is 0 Å². The molecule has 0 fully saturated rings. The number of nitrogens with one attached hydrogen (secondary N) is 1. The van der Waals surface area contributed by atoms with E-state index < -0.39 is 15.7 Å². The monoisotopic (exact) mass is 484 g/mol. The highest BCUT2D eigenvalue weighted by Crippen LogP contribution is 2.37. The molecule has 2 aromatic carbocycles. The molecule has 5 rings (SSSR count). The number of rotatable bonds is 8. The van der Waals surface area contributed by atoms with E-state index in [1.807, 2.05) is 10.8 Å². The molecule has 1 N–H and O–H groups in total. The fourth-order valence-electron chi connectivity index (χ4n) is 3.50. The molecule has 0 bridgehead atoms. The van der Waals surface area contributed by atoms with E-state index in [1.165, 1.54) is 36.4 Å². The SMILES string of the molecule is O=S(=O)(c1ccc2c(c1)OCCO2)c1nc(-c2ccc(F)cc2)oc1NCCCn1ccnc1. The molecular weight excluding hydrogens is 463 g/mol. The number of anilines is 1. The first-order chi connectivity index (χ1) is 16.5. The van der Waals surface area contributed by atoms with Crippen LogP contribution < -0.4 is 14.8 Å². The molecule has 0 unspecified atom stereocenters. The highest BCUT2D eigenvalue weighted by Gasteiger charge is 2.30. The molecule has 0 saturated heterocycles. The van der Waals surface area contributed by atoms with Gasteiger partial charge in [-0.15, -0.1) is 0 Å². The maximum atomic E-state index is 13.5. The van der Waals surface area contributed by atoms with Crippen molar-refractivity contribution in [1.29, 1.82) is 0 Å². The minimum Gasteiger partial charge on any atom is -0.486 e. The number of benzene rings is 2. The van der Waals surface area contributed by atoms with Gasteiger partial charge in [0.1, 0.15) is 19.0 Å². The van der Waals surface area contributed by atoms with Crippen LogP contribution in [-0.4, -0.2) is 42.7 Å². The fraction of sp³-hybridized carbons (Fsp3) is 0.217. The minimum absolute atomic E-state index is 0.00262. The third kappa shape index (κ3) is 4.46. The Balaban J connectivity index is 1.46. The van der Waals surface area contributed by atoms with Crippen molar-refractivity contribution >= 4 is 15.7 Å². The second-order valence-electron chi connectivity index (χ2n) is 7.55. The number of ether oxygens (including phenoxy) is 2. The first-order valence-electron chi connectivity index (χ1n) is 10.6. The van der Waals surface area contributed by atoms with Gasteiger partial charge in [0.15, 0.2) is 11.5 Å². The number of hydrogen-bond donors (Lipinski definition) is 1. The van der Waals surface area contributed by atoms with Crippen LogP contribution in [0.1, 0.15) is 6.42 Å². The van der Waals surface area contributed by atoms with E-state index in [2.05, 4.69) is 15.3 Å². The number of aromatic nitrogens is 3. The van der Waals surface area contributed by atoms with Gasteiger partial charge in [0.2, 0.25) is 26.6 Å². The summed E-state index contributed by atoms with van der Waals surface area (Å²) < 4.78 is 59.2. The van der Waals surface area contributed by atoms with Crippen LogP contribution >= 0.6 is 0 Å². The summed E-state index contributed by atoms with van der Waals surface area (Å²) in [5, 5.41) is 2.79. The first-order valence-corrected chi connectivity index (χ1v) is 12.1. The highest BCUT2D eigenvalue weighted by molar-refractivity contribution is 7.91. The zero-order valence-corrected chi connectivity index (χ0v) is 18.8. The lowest BCUT2D eigenvalue weighted by molar-refractivity contribution is 0.171. The Morgan fingerprint density at radius 3 is 2.62 bits per heavy atom. The summed E-state index contributed by atoms with van der Waals surface area (Å²) in [6.07, 6.45) is 5.93. The molecule has 176 valence electrons. The van der Waals surface area contributed by atoms with Gasteiger partial charge in [-0.2, -0.15) is 4.98 Å². The molecule has 1 aliphatic rings.